The number of unbranched alkanes of at least 4 members (excludes halogenated alkanes) is 42. The third-order valence-corrected chi connectivity index (χ3v) is 13.7. The van der Waals surface area contributed by atoms with Gasteiger partial charge in [0.1, 0.15) is 0 Å². The first kappa shape index (κ1) is 64.3. The maximum absolute atomic E-state index is 12.5. The zero-order valence-corrected chi connectivity index (χ0v) is 44.4. The molecule has 0 aliphatic heterocycles. The zero-order valence-electron chi connectivity index (χ0n) is 44.4. The highest BCUT2D eigenvalue weighted by molar-refractivity contribution is 5.76. The molecule has 6 nitrogen and oxygen atoms in total. The van der Waals surface area contributed by atoms with E-state index < -0.39 is 12.1 Å². The number of ether oxygens (including phenoxy) is 1. The topological polar surface area (TPSA) is 95.9 Å². The summed E-state index contributed by atoms with van der Waals surface area (Å²) >= 11 is 0. The molecule has 2 unspecified atom stereocenters. The van der Waals surface area contributed by atoms with E-state index in [4.69, 9.17) is 4.74 Å². The monoisotopic (exact) mass is 930 g/mol. The first-order valence-corrected chi connectivity index (χ1v) is 29.6. The number of amides is 1. The fourth-order valence-electron chi connectivity index (χ4n) is 9.16. The molecule has 0 saturated heterocycles. The number of nitrogens with one attached hydrogen (secondary N) is 1. The van der Waals surface area contributed by atoms with Crippen LogP contribution in [0.25, 0.3) is 0 Å². The Morgan fingerprint density at radius 2 is 0.712 bits per heavy atom. The number of carbonyl (C=O) groups is 2. The van der Waals surface area contributed by atoms with E-state index in [1.807, 2.05) is 6.08 Å². The second-order valence-corrected chi connectivity index (χ2v) is 20.3. The molecule has 0 radical (unpaired) electrons. The van der Waals surface area contributed by atoms with E-state index in [2.05, 4.69) is 31.3 Å². The minimum atomic E-state index is -0.852. The molecule has 0 fully saturated rings. The SMILES string of the molecule is CCCCCC/C=C\CCCCCCCC(=O)OCCCCCCCCCCCCCCCCC(=O)NC(CO)C(O)/C=C/CCCCCCCCCCCCCCCCCCCCCC. The fourth-order valence-corrected chi connectivity index (χ4v) is 9.16. The summed E-state index contributed by atoms with van der Waals surface area (Å²) in [4.78, 5) is 24.5. The summed E-state index contributed by atoms with van der Waals surface area (Å²) in [7, 11) is 0. The highest BCUT2D eigenvalue weighted by Crippen LogP contribution is 2.17. The Kier molecular flexibility index (Phi) is 54.5. The van der Waals surface area contributed by atoms with Crippen molar-refractivity contribution in [3.63, 3.8) is 0 Å². The summed E-state index contributed by atoms with van der Waals surface area (Å²) in [6.07, 6.45) is 67.7. The predicted molar refractivity (Wildman–Crippen MR) is 287 cm³/mol. The van der Waals surface area contributed by atoms with Gasteiger partial charge in [0.25, 0.3) is 0 Å². The molecular weight excluding hydrogens is 815 g/mol. The molecule has 6 heteroatoms. The smallest absolute Gasteiger partial charge is 0.305 e. The number of esters is 1. The molecule has 0 aliphatic carbocycles. The van der Waals surface area contributed by atoms with Crippen LogP contribution in [0.3, 0.4) is 0 Å². The summed E-state index contributed by atoms with van der Waals surface area (Å²) in [6.45, 7) is 4.88. The van der Waals surface area contributed by atoms with Gasteiger partial charge >= 0.3 is 5.97 Å². The quantitative estimate of drug-likeness (QED) is 0.0321. The molecule has 0 heterocycles. The van der Waals surface area contributed by atoms with Gasteiger partial charge in [0, 0.05) is 12.8 Å². The van der Waals surface area contributed by atoms with Crippen molar-refractivity contribution in [1.82, 2.24) is 5.32 Å². The summed E-state index contributed by atoms with van der Waals surface area (Å²) in [6, 6.07) is -0.637. The van der Waals surface area contributed by atoms with Gasteiger partial charge in [0.2, 0.25) is 5.91 Å². The molecule has 0 aromatic heterocycles. The van der Waals surface area contributed by atoms with Crippen molar-refractivity contribution in [2.75, 3.05) is 13.2 Å². The Labute approximate surface area is 411 Å². The molecule has 0 saturated carbocycles. The lowest BCUT2D eigenvalue weighted by Crippen LogP contribution is -2.45. The van der Waals surface area contributed by atoms with E-state index in [1.54, 1.807) is 6.08 Å². The summed E-state index contributed by atoms with van der Waals surface area (Å²) < 4.78 is 5.46. The molecule has 0 aliphatic rings. The molecule has 0 spiro atoms. The van der Waals surface area contributed by atoms with Crippen LogP contribution in [-0.2, 0) is 14.3 Å². The summed E-state index contributed by atoms with van der Waals surface area (Å²) in [5.41, 5.74) is 0. The van der Waals surface area contributed by atoms with Crippen LogP contribution in [0.2, 0.25) is 0 Å². The molecule has 66 heavy (non-hydrogen) atoms. The van der Waals surface area contributed by atoms with Crippen molar-refractivity contribution >= 4 is 11.9 Å². The predicted octanol–water partition coefficient (Wildman–Crippen LogP) is 18.2. The van der Waals surface area contributed by atoms with Crippen molar-refractivity contribution in [3.8, 4) is 0 Å². The van der Waals surface area contributed by atoms with Gasteiger partial charge in [0.15, 0.2) is 0 Å². The van der Waals surface area contributed by atoms with Crippen LogP contribution in [-0.4, -0.2) is 47.4 Å². The van der Waals surface area contributed by atoms with E-state index in [1.165, 1.54) is 238 Å². The summed E-state index contributed by atoms with van der Waals surface area (Å²) in [5, 5.41) is 23.2. The Morgan fingerprint density at radius 1 is 0.409 bits per heavy atom. The van der Waals surface area contributed by atoms with E-state index >= 15 is 0 Å². The Hall–Kier alpha value is -1.66. The highest BCUT2D eigenvalue weighted by atomic mass is 16.5. The van der Waals surface area contributed by atoms with Crippen LogP contribution in [0.1, 0.15) is 322 Å². The average molecular weight is 931 g/mol. The maximum atomic E-state index is 12.5. The van der Waals surface area contributed by atoms with Gasteiger partial charge in [-0.15, -0.1) is 0 Å². The third-order valence-electron chi connectivity index (χ3n) is 13.7. The van der Waals surface area contributed by atoms with Gasteiger partial charge in [-0.25, -0.2) is 0 Å². The average Bonchev–Trinajstić information content (AvgIpc) is 3.32. The summed E-state index contributed by atoms with van der Waals surface area (Å²) in [5.74, 6) is -0.0881. The molecule has 0 aromatic rings. The maximum Gasteiger partial charge on any atom is 0.305 e. The minimum absolute atomic E-state index is 0.0122. The van der Waals surface area contributed by atoms with Crippen LogP contribution in [0.15, 0.2) is 24.3 Å². The van der Waals surface area contributed by atoms with Crippen molar-refractivity contribution in [2.45, 2.75) is 334 Å². The van der Waals surface area contributed by atoms with Gasteiger partial charge in [-0.05, 0) is 57.8 Å². The van der Waals surface area contributed by atoms with Crippen LogP contribution in [0.5, 0.6) is 0 Å². The van der Waals surface area contributed by atoms with Crippen molar-refractivity contribution in [2.24, 2.45) is 0 Å². The fraction of sp³-hybridized carbons (Fsp3) is 0.900. The number of hydrogen-bond donors (Lipinski definition) is 3. The van der Waals surface area contributed by atoms with Crippen LogP contribution in [0, 0.1) is 0 Å². The first-order chi connectivity index (χ1) is 32.5. The Morgan fingerprint density at radius 3 is 1.09 bits per heavy atom. The number of allylic oxidation sites excluding steroid dienone is 3. The molecular formula is C60H115NO5. The van der Waals surface area contributed by atoms with E-state index in [0.29, 0.717) is 19.4 Å². The highest BCUT2D eigenvalue weighted by Gasteiger charge is 2.18. The lowest BCUT2D eigenvalue weighted by Gasteiger charge is -2.20. The van der Waals surface area contributed by atoms with Gasteiger partial charge in [-0.1, -0.05) is 276 Å². The molecule has 0 rings (SSSR count). The van der Waals surface area contributed by atoms with Gasteiger partial charge in [0.05, 0.1) is 25.4 Å². The molecule has 3 N–H and O–H groups in total. The second-order valence-electron chi connectivity index (χ2n) is 20.3. The standard InChI is InChI=1S/C60H115NO5/c1-3-5-7-9-11-13-15-17-18-19-20-21-22-23-24-25-29-32-36-40-44-48-52-58(63)57(56-62)61-59(64)53-49-45-41-37-33-30-26-27-31-35-39-43-47-51-55-66-60(65)54-50-46-42-38-34-28-16-14-12-10-8-6-4-2/h14,16,48,52,57-58,62-63H,3-13,15,17-47,49-51,53-56H2,1-2H3,(H,61,64)/b16-14-,52-48+. The Bertz CT molecular complexity index is 1030. The van der Waals surface area contributed by atoms with E-state index in [-0.39, 0.29) is 18.5 Å². The Balaban J connectivity index is 3.48. The number of aliphatic hydroxyl groups is 2. The largest absolute Gasteiger partial charge is 0.466 e. The normalized spacial score (nSPS) is 12.7. The molecule has 0 aromatic carbocycles. The number of carbonyl (C=O) groups excluding carboxylic acids is 2. The number of aliphatic hydroxyl groups excluding tert-OH is 2. The van der Waals surface area contributed by atoms with Crippen molar-refractivity contribution < 1.29 is 24.5 Å². The van der Waals surface area contributed by atoms with E-state index in [0.717, 1.165) is 57.8 Å². The van der Waals surface area contributed by atoms with Gasteiger partial charge in [-0.3, -0.25) is 9.59 Å². The van der Waals surface area contributed by atoms with Gasteiger partial charge < -0.3 is 20.3 Å². The van der Waals surface area contributed by atoms with Crippen molar-refractivity contribution in [1.29, 1.82) is 0 Å². The molecule has 2 atom stereocenters. The van der Waals surface area contributed by atoms with Gasteiger partial charge in [-0.2, -0.15) is 0 Å². The minimum Gasteiger partial charge on any atom is -0.466 e. The van der Waals surface area contributed by atoms with Crippen LogP contribution >= 0.6 is 0 Å². The van der Waals surface area contributed by atoms with Crippen molar-refractivity contribution in [3.05, 3.63) is 24.3 Å². The third kappa shape index (κ3) is 51.7. The molecule has 1 amide bonds. The number of rotatable bonds is 55. The zero-order chi connectivity index (χ0) is 47.9. The lowest BCUT2D eigenvalue weighted by atomic mass is 10.0. The number of hydrogen-bond acceptors (Lipinski definition) is 5. The van der Waals surface area contributed by atoms with Crippen LogP contribution in [0.4, 0.5) is 0 Å². The molecule has 0 bridgehead atoms. The first-order valence-electron chi connectivity index (χ1n) is 29.6. The van der Waals surface area contributed by atoms with Crippen LogP contribution < -0.4 is 5.32 Å². The second kappa shape index (κ2) is 55.9. The lowest BCUT2D eigenvalue weighted by molar-refractivity contribution is -0.143. The molecule has 390 valence electrons. The van der Waals surface area contributed by atoms with E-state index in [9.17, 15) is 19.8 Å².